The Labute approximate surface area is 158 Å². The molecule has 0 saturated heterocycles. The Kier molecular flexibility index (Phi) is 5.49. The molecule has 7 heteroatoms. The van der Waals surface area contributed by atoms with E-state index < -0.39 is 0 Å². The summed E-state index contributed by atoms with van der Waals surface area (Å²) >= 11 is 0. The molecule has 0 spiro atoms. The second-order valence-corrected chi connectivity index (χ2v) is 6.72. The zero-order valence-electron chi connectivity index (χ0n) is 15.9. The van der Waals surface area contributed by atoms with E-state index in [1.165, 1.54) is 5.56 Å². The predicted octanol–water partition coefficient (Wildman–Crippen LogP) is 3.33. The third-order valence-corrected chi connectivity index (χ3v) is 4.26. The van der Waals surface area contributed by atoms with Crippen LogP contribution in [0.25, 0.3) is 11.4 Å². The van der Waals surface area contributed by atoms with Gasteiger partial charge in [-0.1, -0.05) is 32.0 Å². The molecule has 0 aliphatic carbocycles. The molecule has 0 bridgehead atoms. The normalized spacial score (nSPS) is 10.9. The number of anilines is 1. The van der Waals surface area contributed by atoms with Gasteiger partial charge in [0.2, 0.25) is 0 Å². The maximum Gasteiger partial charge on any atom is 0.262 e. The molecule has 0 saturated carbocycles. The number of hydrogen-bond donors (Lipinski definition) is 1. The van der Waals surface area contributed by atoms with Crippen LogP contribution in [-0.4, -0.2) is 32.7 Å². The van der Waals surface area contributed by atoms with E-state index >= 15 is 0 Å². The average molecular weight is 365 g/mol. The number of nitrogens with one attached hydrogen (secondary N) is 1. The topological polar surface area (TPSA) is 81.9 Å². The molecule has 0 unspecified atom stereocenters. The van der Waals surface area contributed by atoms with Crippen LogP contribution in [0.2, 0.25) is 0 Å². The van der Waals surface area contributed by atoms with Crippen LogP contribution in [0.15, 0.2) is 42.5 Å². The number of carbonyl (C=O) groups is 1. The molecule has 0 fully saturated rings. The molecule has 0 aliphatic rings. The van der Waals surface area contributed by atoms with Gasteiger partial charge in [0.15, 0.2) is 12.4 Å². The number of aryl methyl sites for hydroxylation is 2. The van der Waals surface area contributed by atoms with Crippen LogP contribution in [0.5, 0.6) is 5.75 Å². The van der Waals surface area contributed by atoms with Crippen molar-refractivity contribution in [1.82, 2.24) is 20.2 Å². The van der Waals surface area contributed by atoms with Crippen LogP contribution in [-0.2, 0) is 11.8 Å². The van der Waals surface area contributed by atoms with Gasteiger partial charge < -0.3 is 10.1 Å². The van der Waals surface area contributed by atoms with Gasteiger partial charge in [0.25, 0.3) is 5.91 Å². The molecule has 140 valence electrons. The highest BCUT2D eigenvalue weighted by atomic mass is 16.5. The van der Waals surface area contributed by atoms with E-state index in [-0.39, 0.29) is 12.5 Å². The fourth-order valence-electron chi connectivity index (χ4n) is 2.94. The lowest BCUT2D eigenvalue weighted by molar-refractivity contribution is -0.118. The highest BCUT2D eigenvalue weighted by Gasteiger charge is 2.10. The van der Waals surface area contributed by atoms with Crippen molar-refractivity contribution >= 4 is 11.6 Å². The lowest BCUT2D eigenvalue weighted by Crippen LogP contribution is -2.20. The Hall–Kier alpha value is -3.22. The van der Waals surface area contributed by atoms with E-state index in [1.807, 2.05) is 42.5 Å². The lowest BCUT2D eigenvalue weighted by Gasteiger charge is -2.12. The fraction of sp³-hybridized carbons (Fsp3) is 0.300. The molecular weight excluding hydrogens is 342 g/mol. The standard InChI is InChI=1S/C20H23N5O2/c1-13(2)18-9-8-17(10-14(18)3)27-12-19(26)21-16-7-5-6-15(11-16)20-22-23-24-25(20)4/h5-11,13H,12H2,1-4H3,(H,21,26). The van der Waals surface area contributed by atoms with Gasteiger partial charge in [0, 0.05) is 18.3 Å². The molecule has 1 aromatic heterocycles. The molecule has 3 rings (SSSR count). The minimum absolute atomic E-state index is 0.0593. The molecule has 0 radical (unpaired) electrons. The Morgan fingerprint density at radius 3 is 2.70 bits per heavy atom. The molecule has 7 nitrogen and oxygen atoms in total. The Morgan fingerprint density at radius 1 is 1.22 bits per heavy atom. The van der Waals surface area contributed by atoms with Gasteiger partial charge in [-0.25, -0.2) is 4.68 Å². The molecule has 1 heterocycles. The summed E-state index contributed by atoms with van der Waals surface area (Å²) in [7, 11) is 1.76. The van der Waals surface area contributed by atoms with Crippen molar-refractivity contribution in [1.29, 1.82) is 0 Å². The number of rotatable bonds is 6. The Bertz CT molecular complexity index is 949. The molecule has 3 aromatic rings. The Morgan fingerprint density at radius 2 is 2.04 bits per heavy atom. The lowest BCUT2D eigenvalue weighted by atomic mass is 9.98. The van der Waals surface area contributed by atoms with E-state index in [0.717, 1.165) is 11.1 Å². The predicted molar refractivity (Wildman–Crippen MR) is 104 cm³/mol. The van der Waals surface area contributed by atoms with Crippen molar-refractivity contribution in [3.8, 4) is 17.1 Å². The SMILES string of the molecule is Cc1cc(OCC(=O)Nc2cccc(-c3nnnn3C)c2)ccc1C(C)C. The van der Waals surface area contributed by atoms with Crippen LogP contribution < -0.4 is 10.1 Å². The zero-order chi connectivity index (χ0) is 19.4. The van der Waals surface area contributed by atoms with Crippen LogP contribution in [0, 0.1) is 6.92 Å². The van der Waals surface area contributed by atoms with Gasteiger partial charge in [-0.05, 0) is 58.7 Å². The molecule has 27 heavy (non-hydrogen) atoms. The zero-order valence-corrected chi connectivity index (χ0v) is 15.9. The maximum atomic E-state index is 12.2. The summed E-state index contributed by atoms with van der Waals surface area (Å²) < 4.78 is 7.21. The van der Waals surface area contributed by atoms with E-state index in [0.29, 0.717) is 23.2 Å². The minimum atomic E-state index is -0.228. The summed E-state index contributed by atoms with van der Waals surface area (Å²) in [6.07, 6.45) is 0. The van der Waals surface area contributed by atoms with Gasteiger partial charge in [-0.15, -0.1) is 5.10 Å². The van der Waals surface area contributed by atoms with E-state index in [4.69, 9.17) is 4.74 Å². The molecule has 1 N–H and O–H groups in total. The third-order valence-electron chi connectivity index (χ3n) is 4.26. The molecule has 2 aromatic carbocycles. The first-order chi connectivity index (χ1) is 12.9. The maximum absolute atomic E-state index is 12.2. The van der Waals surface area contributed by atoms with Crippen molar-refractivity contribution < 1.29 is 9.53 Å². The minimum Gasteiger partial charge on any atom is -0.484 e. The van der Waals surface area contributed by atoms with Crippen LogP contribution in [0.1, 0.15) is 30.9 Å². The van der Waals surface area contributed by atoms with Gasteiger partial charge in [0.05, 0.1) is 0 Å². The van der Waals surface area contributed by atoms with E-state index in [1.54, 1.807) is 11.7 Å². The quantitative estimate of drug-likeness (QED) is 0.724. The summed E-state index contributed by atoms with van der Waals surface area (Å²) in [4.78, 5) is 12.2. The van der Waals surface area contributed by atoms with Gasteiger partial charge in [-0.3, -0.25) is 4.79 Å². The smallest absolute Gasteiger partial charge is 0.262 e. The van der Waals surface area contributed by atoms with E-state index in [9.17, 15) is 4.79 Å². The second-order valence-electron chi connectivity index (χ2n) is 6.72. The monoisotopic (exact) mass is 365 g/mol. The van der Waals surface area contributed by atoms with Crippen LogP contribution in [0.4, 0.5) is 5.69 Å². The molecular formula is C20H23N5O2. The highest BCUT2D eigenvalue weighted by molar-refractivity contribution is 5.92. The first-order valence-electron chi connectivity index (χ1n) is 8.80. The van der Waals surface area contributed by atoms with Crippen LogP contribution in [0.3, 0.4) is 0 Å². The number of nitrogens with zero attached hydrogens (tertiary/aromatic N) is 4. The highest BCUT2D eigenvalue weighted by Crippen LogP contribution is 2.23. The first-order valence-corrected chi connectivity index (χ1v) is 8.80. The largest absolute Gasteiger partial charge is 0.484 e. The van der Waals surface area contributed by atoms with Crippen molar-refractivity contribution in [3.05, 3.63) is 53.6 Å². The van der Waals surface area contributed by atoms with Crippen molar-refractivity contribution in [3.63, 3.8) is 0 Å². The molecule has 0 atom stereocenters. The summed E-state index contributed by atoms with van der Waals surface area (Å²) in [5.74, 6) is 1.54. The third kappa shape index (κ3) is 4.49. The van der Waals surface area contributed by atoms with E-state index in [2.05, 4.69) is 41.6 Å². The Balaban J connectivity index is 1.62. The van der Waals surface area contributed by atoms with Gasteiger partial charge >= 0.3 is 0 Å². The summed E-state index contributed by atoms with van der Waals surface area (Å²) in [5.41, 5.74) is 3.92. The molecule has 0 aliphatic heterocycles. The molecule has 1 amide bonds. The number of tetrazole rings is 1. The number of hydrogen-bond acceptors (Lipinski definition) is 5. The summed E-state index contributed by atoms with van der Waals surface area (Å²) in [5, 5.41) is 14.3. The van der Waals surface area contributed by atoms with Crippen molar-refractivity contribution in [2.75, 3.05) is 11.9 Å². The number of carbonyl (C=O) groups excluding carboxylic acids is 1. The average Bonchev–Trinajstić information content (AvgIpc) is 3.06. The number of aromatic nitrogens is 4. The second kappa shape index (κ2) is 7.99. The van der Waals surface area contributed by atoms with Crippen molar-refractivity contribution in [2.24, 2.45) is 7.05 Å². The fourth-order valence-corrected chi connectivity index (χ4v) is 2.94. The number of ether oxygens (including phenoxy) is 1. The first kappa shape index (κ1) is 18.6. The number of benzene rings is 2. The summed E-state index contributed by atoms with van der Waals surface area (Å²) in [6, 6.07) is 13.3. The van der Waals surface area contributed by atoms with Crippen molar-refractivity contribution in [2.45, 2.75) is 26.7 Å². The van der Waals surface area contributed by atoms with Crippen LogP contribution >= 0.6 is 0 Å². The van der Waals surface area contributed by atoms with Gasteiger partial charge in [0.1, 0.15) is 5.75 Å². The summed E-state index contributed by atoms with van der Waals surface area (Å²) in [6.45, 7) is 6.30. The van der Waals surface area contributed by atoms with Gasteiger partial charge in [-0.2, -0.15) is 0 Å². The number of amides is 1.